The smallest absolute Gasteiger partial charge is 0.293 e. The van der Waals surface area contributed by atoms with Crippen LogP contribution in [0.1, 0.15) is 31.8 Å². The highest BCUT2D eigenvalue weighted by Crippen LogP contribution is 2.33. The molecule has 0 aliphatic carbocycles. The summed E-state index contributed by atoms with van der Waals surface area (Å²) >= 11 is 0.853. The molecule has 10 heteroatoms. The van der Waals surface area contributed by atoms with Crippen LogP contribution in [-0.4, -0.2) is 48.1 Å². The molecule has 8 nitrogen and oxygen atoms in total. The lowest BCUT2D eigenvalue weighted by atomic mass is 10.2. The molecule has 0 saturated carbocycles. The Bertz CT molecular complexity index is 896. The summed E-state index contributed by atoms with van der Waals surface area (Å²) in [6.45, 7) is 4.26. The second kappa shape index (κ2) is 8.73. The van der Waals surface area contributed by atoms with Gasteiger partial charge < -0.3 is 4.42 Å². The third-order valence-corrected chi connectivity index (χ3v) is 5.81. The number of imide groups is 1. The third-order valence-electron chi connectivity index (χ3n) is 3.65. The lowest BCUT2D eigenvalue weighted by Crippen LogP contribution is -2.31. The average molecular weight is 412 g/mol. The number of nitrogens with zero attached hydrogens (tertiary/aromatic N) is 3. The van der Waals surface area contributed by atoms with Crippen molar-refractivity contribution in [1.29, 1.82) is 5.26 Å². The first kappa shape index (κ1) is 21.2. The van der Waals surface area contributed by atoms with E-state index >= 15 is 0 Å². The number of hydrogen-bond donors (Lipinski definition) is 0. The fraction of sp³-hybridized carbons (Fsp3) is 0.471. The molecule has 1 aromatic heterocycles. The summed E-state index contributed by atoms with van der Waals surface area (Å²) in [5, 5.41) is 8.35. The van der Waals surface area contributed by atoms with Gasteiger partial charge in [-0.1, -0.05) is 13.8 Å². The van der Waals surface area contributed by atoms with Crippen molar-refractivity contribution in [3.05, 3.63) is 28.6 Å². The van der Waals surface area contributed by atoms with Crippen LogP contribution in [0.5, 0.6) is 0 Å². The van der Waals surface area contributed by atoms with Crippen LogP contribution in [0.25, 0.3) is 6.08 Å². The van der Waals surface area contributed by atoms with Crippen LogP contribution in [0.2, 0.25) is 0 Å². The van der Waals surface area contributed by atoms with Crippen LogP contribution in [-0.2, 0) is 21.4 Å². The molecule has 0 atom stereocenters. The predicted molar refractivity (Wildman–Crippen MR) is 102 cm³/mol. The zero-order chi connectivity index (χ0) is 20.2. The predicted octanol–water partition coefficient (Wildman–Crippen LogP) is 2.65. The number of thioether (sulfide) groups is 1. The Kier molecular flexibility index (Phi) is 6.86. The summed E-state index contributed by atoms with van der Waals surface area (Å²) in [7, 11) is -3.49. The first-order chi connectivity index (χ1) is 12.6. The van der Waals surface area contributed by atoms with E-state index in [1.807, 2.05) is 19.9 Å². The molecule has 0 unspecified atom stereocenters. The van der Waals surface area contributed by atoms with Gasteiger partial charge >= 0.3 is 0 Å². The number of rotatable bonds is 8. The van der Waals surface area contributed by atoms with Crippen molar-refractivity contribution in [2.24, 2.45) is 5.92 Å². The summed E-state index contributed by atoms with van der Waals surface area (Å²) < 4.78 is 30.3. The lowest BCUT2D eigenvalue weighted by molar-refractivity contribution is -0.123. The molecule has 2 heterocycles. The first-order valence-electron chi connectivity index (χ1n) is 8.28. The average Bonchev–Trinajstić information content (AvgIpc) is 3.10. The maximum atomic E-state index is 12.3. The summed E-state index contributed by atoms with van der Waals surface area (Å²) in [6.07, 6.45) is 2.62. The highest BCUT2D eigenvalue weighted by atomic mass is 32.2. The van der Waals surface area contributed by atoms with E-state index in [0.717, 1.165) is 22.3 Å². The minimum absolute atomic E-state index is 0.0107. The third kappa shape index (κ3) is 5.69. The molecule has 1 fully saturated rings. The van der Waals surface area contributed by atoms with Crippen LogP contribution in [0.15, 0.2) is 21.5 Å². The number of furan rings is 1. The van der Waals surface area contributed by atoms with Crippen LogP contribution < -0.4 is 0 Å². The van der Waals surface area contributed by atoms with Crippen molar-refractivity contribution in [2.45, 2.75) is 26.8 Å². The van der Waals surface area contributed by atoms with Crippen molar-refractivity contribution >= 4 is 39.0 Å². The molecule has 0 radical (unpaired) electrons. The van der Waals surface area contributed by atoms with Gasteiger partial charge in [-0.25, -0.2) is 8.42 Å². The van der Waals surface area contributed by atoms with Crippen molar-refractivity contribution in [2.75, 3.05) is 19.3 Å². The first-order valence-corrected chi connectivity index (χ1v) is 10.9. The molecule has 1 aliphatic rings. The number of nitriles is 1. The molecule has 0 spiro atoms. The SMILES string of the molecule is CC(C)CN1C(=O)S/C(=C\c2ccc(CN(CCC#N)S(C)(=O)=O)o2)C1=O. The molecule has 0 N–H and O–H groups in total. The maximum Gasteiger partial charge on any atom is 0.293 e. The van der Waals surface area contributed by atoms with Gasteiger partial charge in [-0.15, -0.1) is 0 Å². The van der Waals surface area contributed by atoms with Gasteiger partial charge in [0, 0.05) is 25.6 Å². The van der Waals surface area contributed by atoms with E-state index in [0.29, 0.717) is 18.1 Å². The Labute approximate surface area is 162 Å². The summed E-state index contributed by atoms with van der Waals surface area (Å²) in [4.78, 5) is 25.8. The summed E-state index contributed by atoms with van der Waals surface area (Å²) in [6, 6.07) is 5.13. The number of sulfonamides is 1. The van der Waals surface area contributed by atoms with Crippen LogP contribution >= 0.6 is 11.8 Å². The number of carbonyl (C=O) groups excluding carboxylic acids is 2. The molecular formula is C17H21N3O5S2. The Morgan fingerprint density at radius 3 is 2.67 bits per heavy atom. The van der Waals surface area contributed by atoms with E-state index < -0.39 is 10.0 Å². The molecule has 146 valence electrons. The molecule has 0 bridgehead atoms. The monoisotopic (exact) mass is 411 g/mol. The van der Waals surface area contributed by atoms with Gasteiger partial charge in [-0.3, -0.25) is 14.5 Å². The van der Waals surface area contributed by atoms with E-state index in [-0.39, 0.29) is 41.5 Å². The van der Waals surface area contributed by atoms with Gasteiger partial charge in [0.15, 0.2) is 0 Å². The fourth-order valence-electron chi connectivity index (χ4n) is 2.42. The summed E-state index contributed by atoms with van der Waals surface area (Å²) in [5.41, 5.74) is 0. The molecule has 1 aromatic rings. The van der Waals surface area contributed by atoms with Gasteiger partial charge in [-0.05, 0) is 29.8 Å². The maximum absolute atomic E-state index is 12.3. The van der Waals surface area contributed by atoms with Gasteiger partial charge in [0.2, 0.25) is 10.0 Å². The normalized spacial score (nSPS) is 16.7. The van der Waals surface area contributed by atoms with E-state index in [1.54, 1.807) is 12.1 Å². The van der Waals surface area contributed by atoms with Crippen molar-refractivity contribution in [3.8, 4) is 6.07 Å². The van der Waals surface area contributed by atoms with Crippen molar-refractivity contribution in [3.63, 3.8) is 0 Å². The quantitative estimate of drug-likeness (QED) is 0.604. The second-order valence-corrected chi connectivity index (χ2v) is 9.47. The van der Waals surface area contributed by atoms with Gasteiger partial charge in [0.1, 0.15) is 11.5 Å². The van der Waals surface area contributed by atoms with E-state index in [2.05, 4.69) is 0 Å². The molecule has 2 amide bonds. The van der Waals surface area contributed by atoms with E-state index in [4.69, 9.17) is 9.68 Å². The number of amides is 2. The largest absolute Gasteiger partial charge is 0.460 e. The molecule has 1 saturated heterocycles. The zero-order valence-corrected chi connectivity index (χ0v) is 17.0. The molecule has 27 heavy (non-hydrogen) atoms. The Morgan fingerprint density at radius 2 is 2.07 bits per heavy atom. The van der Waals surface area contributed by atoms with E-state index in [1.165, 1.54) is 11.0 Å². The molecule has 1 aliphatic heterocycles. The minimum atomic E-state index is -3.49. The number of carbonyl (C=O) groups is 2. The lowest BCUT2D eigenvalue weighted by Gasteiger charge is -2.16. The molecule has 0 aromatic carbocycles. The van der Waals surface area contributed by atoms with Gasteiger partial charge in [0.05, 0.1) is 23.8 Å². The topological polar surface area (TPSA) is 112 Å². The van der Waals surface area contributed by atoms with Gasteiger partial charge in [-0.2, -0.15) is 9.57 Å². The van der Waals surface area contributed by atoms with Crippen LogP contribution in [0.3, 0.4) is 0 Å². The standard InChI is InChI=1S/C17H21N3O5S2/c1-12(2)10-20-16(21)15(26-17(20)22)9-13-5-6-14(25-13)11-19(8-4-7-18)27(3,23)24/h5-6,9,12H,4,8,10-11H2,1-3H3/b15-9-. The highest BCUT2D eigenvalue weighted by Gasteiger charge is 2.35. The van der Waals surface area contributed by atoms with Crippen molar-refractivity contribution < 1.29 is 22.4 Å². The molecular weight excluding hydrogens is 390 g/mol. The van der Waals surface area contributed by atoms with Crippen LogP contribution in [0.4, 0.5) is 4.79 Å². The Hall–Kier alpha value is -2.09. The Morgan fingerprint density at radius 1 is 1.37 bits per heavy atom. The second-order valence-electron chi connectivity index (χ2n) is 6.49. The highest BCUT2D eigenvalue weighted by molar-refractivity contribution is 8.18. The van der Waals surface area contributed by atoms with Crippen LogP contribution in [0, 0.1) is 17.2 Å². The Balaban J connectivity index is 2.13. The zero-order valence-electron chi connectivity index (χ0n) is 15.3. The van der Waals surface area contributed by atoms with Gasteiger partial charge in [0.25, 0.3) is 11.1 Å². The summed E-state index contributed by atoms with van der Waals surface area (Å²) in [5.74, 6) is 0.548. The fourth-order valence-corrected chi connectivity index (χ4v) is 4.03. The van der Waals surface area contributed by atoms with Crippen molar-refractivity contribution in [1.82, 2.24) is 9.21 Å². The molecule has 2 rings (SSSR count). The minimum Gasteiger partial charge on any atom is -0.460 e. The van der Waals surface area contributed by atoms with E-state index in [9.17, 15) is 18.0 Å². The number of hydrogen-bond acceptors (Lipinski definition) is 7.